The molecule has 0 radical (unpaired) electrons. The van der Waals surface area contributed by atoms with Crippen molar-refractivity contribution in [2.75, 3.05) is 6.61 Å². The molecule has 12 nitrogen and oxygen atoms in total. The molecule has 0 aromatic heterocycles. The zero-order valence-electron chi connectivity index (χ0n) is 17.1. The molecule has 12 heteroatoms. The topological polar surface area (TPSA) is 159 Å². The molecule has 4 atom stereocenters. The van der Waals surface area contributed by atoms with Crippen LogP contribution in [0.1, 0.15) is 41.5 Å². The Morgan fingerprint density at radius 3 is 2.21 bits per heavy atom. The van der Waals surface area contributed by atoms with E-state index in [2.05, 4.69) is 10.5 Å². The molecule has 0 saturated carbocycles. The molecule has 1 rings (SSSR count). The van der Waals surface area contributed by atoms with Gasteiger partial charge in [0.25, 0.3) is 5.90 Å². The molecule has 1 fully saturated rings. The first-order valence-electron chi connectivity index (χ1n) is 8.70. The lowest BCUT2D eigenvalue weighted by Crippen LogP contribution is -2.52. The fraction of sp³-hybridized carbons (Fsp3) is 0.706. The summed E-state index contributed by atoms with van der Waals surface area (Å²) < 4.78 is 25.8. The SMILES string of the molecule is CC(=O)OCC(OC(C)=O)[C@H]1O/C(=N\O)C(NC(=O)OC(C)(C)C)[C@H]1OC(C)=O. The number of oxime groups is 1. The highest BCUT2D eigenvalue weighted by Gasteiger charge is 2.52. The van der Waals surface area contributed by atoms with E-state index in [0.29, 0.717) is 0 Å². The molecule has 164 valence electrons. The molecule has 1 aliphatic heterocycles. The van der Waals surface area contributed by atoms with E-state index in [1.807, 2.05) is 0 Å². The van der Waals surface area contributed by atoms with Crippen LogP contribution in [-0.4, -0.2) is 71.7 Å². The lowest BCUT2D eigenvalue weighted by Gasteiger charge is -2.27. The molecular weight excluding hydrogens is 392 g/mol. The predicted octanol–water partition coefficient (Wildman–Crippen LogP) is 0.493. The maximum absolute atomic E-state index is 12.2. The quantitative estimate of drug-likeness (QED) is 0.269. The van der Waals surface area contributed by atoms with Crippen LogP contribution < -0.4 is 5.32 Å². The Kier molecular flexibility index (Phi) is 8.22. The highest BCUT2D eigenvalue weighted by atomic mass is 16.6. The van der Waals surface area contributed by atoms with Crippen molar-refractivity contribution < 1.29 is 48.1 Å². The number of ether oxygens (including phenoxy) is 5. The number of nitrogens with zero attached hydrogens (tertiary/aromatic N) is 1. The monoisotopic (exact) mass is 418 g/mol. The first-order chi connectivity index (χ1) is 13.3. The number of esters is 3. The average Bonchev–Trinajstić information content (AvgIpc) is 2.86. The van der Waals surface area contributed by atoms with Crippen molar-refractivity contribution in [3.63, 3.8) is 0 Å². The second-order valence-electron chi connectivity index (χ2n) is 7.17. The van der Waals surface area contributed by atoms with E-state index in [1.165, 1.54) is 0 Å². The Balaban J connectivity index is 3.17. The molecule has 0 aliphatic carbocycles. The van der Waals surface area contributed by atoms with Gasteiger partial charge in [-0.1, -0.05) is 5.16 Å². The van der Waals surface area contributed by atoms with E-state index in [1.54, 1.807) is 20.8 Å². The molecule has 0 bridgehead atoms. The Labute approximate surface area is 167 Å². The van der Waals surface area contributed by atoms with Gasteiger partial charge in [-0.15, -0.1) is 0 Å². The van der Waals surface area contributed by atoms with E-state index in [4.69, 9.17) is 23.7 Å². The van der Waals surface area contributed by atoms with Gasteiger partial charge in [0.1, 0.15) is 12.2 Å². The fourth-order valence-electron chi connectivity index (χ4n) is 2.50. The summed E-state index contributed by atoms with van der Waals surface area (Å²) in [6.45, 7) is 7.88. The molecule has 2 unspecified atom stereocenters. The van der Waals surface area contributed by atoms with Crippen molar-refractivity contribution in [1.82, 2.24) is 5.32 Å². The van der Waals surface area contributed by atoms with Gasteiger partial charge in [0.15, 0.2) is 24.4 Å². The second kappa shape index (κ2) is 9.94. The van der Waals surface area contributed by atoms with Gasteiger partial charge in [0.05, 0.1) is 0 Å². The Bertz CT molecular complexity index is 670. The van der Waals surface area contributed by atoms with E-state index in [-0.39, 0.29) is 0 Å². The molecule has 0 spiro atoms. The van der Waals surface area contributed by atoms with E-state index >= 15 is 0 Å². The minimum Gasteiger partial charge on any atom is -0.466 e. The molecule has 1 heterocycles. The van der Waals surface area contributed by atoms with Crippen LogP contribution in [0.25, 0.3) is 0 Å². The van der Waals surface area contributed by atoms with Crippen LogP contribution in [0.4, 0.5) is 4.79 Å². The van der Waals surface area contributed by atoms with E-state index in [9.17, 15) is 24.4 Å². The van der Waals surface area contributed by atoms with Crippen LogP contribution >= 0.6 is 0 Å². The average molecular weight is 418 g/mol. The maximum Gasteiger partial charge on any atom is 0.408 e. The first-order valence-corrected chi connectivity index (χ1v) is 8.70. The highest BCUT2D eigenvalue weighted by molar-refractivity contribution is 5.88. The second-order valence-corrected chi connectivity index (χ2v) is 7.17. The minimum absolute atomic E-state index is 0.410. The van der Waals surface area contributed by atoms with Gasteiger partial charge in [-0.05, 0) is 20.8 Å². The molecule has 0 aromatic rings. The van der Waals surface area contributed by atoms with Crippen LogP contribution in [0.2, 0.25) is 0 Å². The first kappa shape index (κ1) is 24.0. The van der Waals surface area contributed by atoms with Crippen molar-refractivity contribution in [2.45, 2.75) is 71.5 Å². The van der Waals surface area contributed by atoms with E-state index < -0.39 is 66.5 Å². The molecule has 1 aliphatic rings. The lowest BCUT2D eigenvalue weighted by molar-refractivity contribution is -0.171. The van der Waals surface area contributed by atoms with Gasteiger partial charge in [0.2, 0.25) is 0 Å². The van der Waals surface area contributed by atoms with Gasteiger partial charge >= 0.3 is 24.0 Å². The van der Waals surface area contributed by atoms with Crippen molar-refractivity contribution in [3.8, 4) is 0 Å². The van der Waals surface area contributed by atoms with Crippen molar-refractivity contribution in [2.24, 2.45) is 5.16 Å². The van der Waals surface area contributed by atoms with Crippen molar-refractivity contribution in [3.05, 3.63) is 0 Å². The number of amides is 1. The Hall–Kier alpha value is -3.05. The zero-order chi connectivity index (χ0) is 22.4. The molecule has 1 saturated heterocycles. The summed E-state index contributed by atoms with van der Waals surface area (Å²) in [5.41, 5.74) is -0.827. The number of carbonyl (C=O) groups excluding carboxylic acids is 4. The summed E-state index contributed by atoms with van der Waals surface area (Å²) in [6.07, 6.45) is -4.63. The zero-order valence-corrected chi connectivity index (χ0v) is 17.1. The van der Waals surface area contributed by atoms with Gasteiger partial charge in [-0.25, -0.2) is 4.79 Å². The number of hydrogen-bond donors (Lipinski definition) is 2. The number of nitrogens with one attached hydrogen (secondary N) is 1. The fourth-order valence-corrected chi connectivity index (χ4v) is 2.50. The van der Waals surface area contributed by atoms with Gasteiger partial charge in [-0.2, -0.15) is 0 Å². The molecule has 1 amide bonds. The summed E-state index contributed by atoms with van der Waals surface area (Å²) in [6, 6.07) is -1.25. The summed E-state index contributed by atoms with van der Waals surface area (Å²) >= 11 is 0. The van der Waals surface area contributed by atoms with Crippen LogP contribution in [0, 0.1) is 0 Å². The standard InChI is InChI=1S/C17H26N2O10/c1-8(20)25-7-11(26-9(2)21)13-14(27-10(3)22)12(15(19-24)28-13)18-16(23)29-17(4,5)6/h11-14,24H,7H2,1-6H3,(H,18,23)/b19-15-/t11?,12?,13-,14-/m1/s1. The number of hydrogen-bond acceptors (Lipinski definition) is 11. The molecule has 0 aromatic carbocycles. The largest absolute Gasteiger partial charge is 0.466 e. The van der Waals surface area contributed by atoms with Gasteiger partial charge in [0, 0.05) is 20.8 Å². The third kappa shape index (κ3) is 7.84. The van der Waals surface area contributed by atoms with Crippen molar-refractivity contribution >= 4 is 29.9 Å². The summed E-state index contributed by atoms with van der Waals surface area (Å²) in [4.78, 5) is 46.4. The third-order valence-electron chi connectivity index (χ3n) is 3.38. The highest BCUT2D eigenvalue weighted by Crippen LogP contribution is 2.26. The van der Waals surface area contributed by atoms with Crippen LogP contribution in [0.3, 0.4) is 0 Å². The Morgan fingerprint density at radius 1 is 1.14 bits per heavy atom. The lowest BCUT2D eigenvalue weighted by atomic mass is 10.0. The van der Waals surface area contributed by atoms with E-state index in [0.717, 1.165) is 20.8 Å². The van der Waals surface area contributed by atoms with Crippen LogP contribution in [0.15, 0.2) is 5.16 Å². The summed E-state index contributed by atoms with van der Waals surface area (Å²) in [7, 11) is 0. The Morgan fingerprint density at radius 2 is 1.76 bits per heavy atom. The third-order valence-corrected chi connectivity index (χ3v) is 3.38. The van der Waals surface area contributed by atoms with Crippen LogP contribution in [0.5, 0.6) is 0 Å². The van der Waals surface area contributed by atoms with Gasteiger partial charge < -0.3 is 34.2 Å². The number of carbonyl (C=O) groups is 4. The molecule has 29 heavy (non-hydrogen) atoms. The number of rotatable bonds is 6. The smallest absolute Gasteiger partial charge is 0.408 e. The van der Waals surface area contributed by atoms with Gasteiger partial charge in [-0.3, -0.25) is 14.4 Å². The summed E-state index contributed by atoms with van der Waals surface area (Å²) in [5, 5.41) is 14.6. The molecule has 2 N–H and O–H groups in total. The maximum atomic E-state index is 12.2. The minimum atomic E-state index is -1.27. The predicted molar refractivity (Wildman–Crippen MR) is 95.0 cm³/mol. The van der Waals surface area contributed by atoms with Crippen molar-refractivity contribution in [1.29, 1.82) is 0 Å². The number of alkyl carbamates (subject to hydrolysis) is 1. The van der Waals surface area contributed by atoms with Crippen LogP contribution in [-0.2, 0) is 38.1 Å². The normalized spacial score (nSPS) is 23.5. The summed E-state index contributed by atoms with van der Waals surface area (Å²) in [5.74, 6) is -2.53. The molecular formula is C17H26N2O10.